The summed E-state index contributed by atoms with van der Waals surface area (Å²) in [6, 6.07) is 19.2. The van der Waals surface area contributed by atoms with Gasteiger partial charge in [-0.3, -0.25) is 4.79 Å². The molecular formula is C27H28N2O5. The summed E-state index contributed by atoms with van der Waals surface area (Å²) in [7, 11) is 0. The van der Waals surface area contributed by atoms with Crippen molar-refractivity contribution in [2.24, 2.45) is 5.10 Å². The first kappa shape index (κ1) is 24.5. The summed E-state index contributed by atoms with van der Waals surface area (Å²) in [5.74, 6) is 0.920. The van der Waals surface area contributed by atoms with Crippen molar-refractivity contribution in [1.29, 1.82) is 0 Å². The minimum absolute atomic E-state index is 0.138. The number of esters is 1. The second-order valence-electron chi connectivity index (χ2n) is 7.66. The number of carbonyl (C=O) groups excluding carboxylic acids is 2. The van der Waals surface area contributed by atoms with Crippen molar-refractivity contribution < 1.29 is 23.8 Å². The van der Waals surface area contributed by atoms with E-state index >= 15 is 0 Å². The number of amides is 1. The SMILES string of the molecule is CCCOc1ccc(C(=O)Oc2ccc(/C=N\NC(=O)COc3ccc(C)c(C)c3)cc2)cc1. The lowest BCUT2D eigenvalue weighted by Gasteiger charge is -2.07. The minimum Gasteiger partial charge on any atom is -0.494 e. The zero-order chi connectivity index (χ0) is 24.3. The fraction of sp³-hybridized carbons (Fsp3) is 0.222. The Morgan fingerprint density at radius 2 is 1.53 bits per heavy atom. The summed E-state index contributed by atoms with van der Waals surface area (Å²) in [6.07, 6.45) is 2.41. The number of nitrogens with zero attached hydrogens (tertiary/aromatic N) is 1. The highest BCUT2D eigenvalue weighted by atomic mass is 16.5. The van der Waals surface area contributed by atoms with Crippen LogP contribution in [0.1, 0.15) is 40.4 Å². The van der Waals surface area contributed by atoms with Crippen LogP contribution in [-0.2, 0) is 4.79 Å². The third-order valence-electron chi connectivity index (χ3n) is 4.90. The number of nitrogens with one attached hydrogen (secondary N) is 1. The van der Waals surface area contributed by atoms with Gasteiger partial charge in [0.15, 0.2) is 6.61 Å². The molecule has 0 saturated carbocycles. The molecule has 0 spiro atoms. The molecule has 3 rings (SSSR count). The highest BCUT2D eigenvalue weighted by molar-refractivity contribution is 5.91. The Kier molecular flexibility index (Phi) is 8.80. The van der Waals surface area contributed by atoms with E-state index in [1.807, 2.05) is 39.0 Å². The average molecular weight is 461 g/mol. The molecule has 0 bridgehead atoms. The molecule has 1 amide bonds. The van der Waals surface area contributed by atoms with Gasteiger partial charge in [-0.2, -0.15) is 5.10 Å². The molecule has 0 fully saturated rings. The number of aryl methyl sites for hydroxylation is 2. The Balaban J connectivity index is 1.44. The maximum absolute atomic E-state index is 12.3. The smallest absolute Gasteiger partial charge is 0.343 e. The van der Waals surface area contributed by atoms with Crippen LogP contribution in [0.3, 0.4) is 0 Å². The number of ether oxygens (including phenoxy) is 3. The molecule has 7 heteroatoms. The molecule has 3 aromatic carbocycles. The third kappa shape index (κ3) is 7.48. The van der Waals surface area contributed by atoms with Crippen LogP contribution in [0.5, 0.6) is 17.2 Å². The van der Waals surface area contributed by atoms with Crippen molar-refractivity contribution in [2.75, 3.05) is 13.2 Å². The zero-order valence-corrected chi connectivity index (χ0v) is 19.5. The molecule has 0 heterocycles. The predicted octanol–water partition coefficient (Wildman–Crippen LogP) is 4.84. The molecule has 3 aromatic rings. The summed E-state index contributed by atoms with van der Waals surface area (Å²) in [5.41, 5.74) is 5.84. The van der Waals surface area contributed by atoms with E-state index in [-0.39, 0.29) is 12.5 Å². The van der Waals surface area contributed by atoms with E-state index in [0.29, 0.717) is 29.4 Å². The van der Waals surface area contributed by atoms with Crippen LogP contribution < -0.4 is 19.6 Å². The van der Waals surface area contributed by atoms with Gasteiger partial charge in [0.2, 0.25) is 0 Å². The number of hydrogen-bond donors (Lipinski definition) is 1. The number of rotatable bonds is 10. The van der Waals surface area contributed by atoms with Gasteiger partial charge >= 0.3 is 5.97 Å². The van der Waals surface area contributed by atoms with Gasteiger partial charge in [0, 0.05) is 0 Å². The second kappa shape index (κ2) is 12.2. The molecule has 34 heavy (non-hydrogen) atoms. The van der Waals surface area contributed by atoms with Gasteiger partial charge < -0.3 is 14.2 Å². The van der Waals surface area contributed by atoms with Gasteiger partial charge in [0.05, 0.1) is 18.4 Å². The van der Waals surface area contributed by atoms with E-state index in [1.54, 1.807) is 48.5 Å². The highest BCUT2D eigenvalue weighted by Crippen LogP contribution is 2.17. The molecule has 0 atom stereocenters. The molecule has 0 radical (unpaired) electrons. The zero-order valence-electron chi connectivity index (χ0n) is 19.5. The first-order chi connectivity index (χ1) is 16.4. The Hall–Kier alpha value is -4.13. The van der Waals surface area contributed by atoms with Crippen LogP contribution in [0.2, 0.25) is 0 Å². The predicted molar refractivity (Wildman–Crippen MR) is 131 cm³/mol. The lowest BCUT2D eigenvalue weighted by atomic mass is 10.1. The lowest BCUT2D eigenvalue weighted by molar-refractivity contribution is -0.123. The normalized spacial score (nSPS) is 10.7. The van der Waals surface area contributed by atoms with Gasteiger partial charge in [0.25, 0.3) is 5.91 Å². The number of hydrogen-bond acceptors (Lipinski definition) is 6. The van der Waals surface area contributed by atoms with Crippen LogP contribution in [0.15, 0.2) is 71.8 Å². The standard InChI is InChI=1S/C27H28N2O5/c1-4-15-32-23-13-8-22(9-14-23)27(31)34-24-11-6-21(7-12-24)17-28-29-26(30)18-33-25-10-5-19(2)20(3)16-25/h5-14,16-17H,4,15,18H2,1-3H3,(H,29,30)/b28-17-. The topological polar surface area (TPSA) is 86.2 Å². The molecule has 0 unspecified atom stereocenters. The molecule has 0 aromatic heterocycles. The molecular weight excluding hydrogens is 432 g/mol. The van der Waals surface area contributed by atoms with E-state index in [0.717, 1.165) is 23.1 Å². The van der Waals surface area contributed by atoms with Crippen LogP contribution >= 0.6 is 0 Å². The van der Waals surface area contributed by atoms with Gasteiger partial charge in [-0.1, -0.05) is 13.0 Å². The number of carbonyl (C=O) groups is 2. The van der Waals surface area contributed by atoms with E-state index < -0.39 is 5.97 Å². The molecule has 7 nitrogen and oxygen atoms in total. The molecule has 0 aliphatic carbocycles. The summed E-state index contributed by atoms with van der Waals surface area (Å²) in [4.78, 5) is 24.2. The maximum Gasteiger partial charge on any atom is 0.343 e. The Labute approximate surface area is 199 Å². The average Bonchev–Trinajstić information content (AvgIpc) is 2.85. The highest BCUT2D eigenvalue weighted by Gasteiger charge is 2.09. The maximum atomic E-state index is 12.3. The largest absolute Gasteiger partial charge is 0.494 e. The quantitative estimate of drug-likeness (QED) is 0.202. The van der Waals surface area contributed by atoms with Crippen LogP contribution in [0.4, 0.5) is 0 Å². The Morgan fingerprint density at radius 3 is 2.21 bits per heavy atom. The minimum atomic E-state index is -0.459. The van der Waals surface area contributed by atoms with Gasteiger partial charge in [0.1, 0.15) is 17.2 Å². The molecule has 0 aliphatic heterocycles. The number of hydrazone groups is 1. The summed E-state index contributed by atoms with van der Waals surface area (Å²) in [5, 5.41) is 3.93. The fourth-order valence-corrected chi connectivity index (χ4v) is 2.86. The first-order valence-electron chi connectivity index (χ1n) is 11.0. The van der Waals surface area contributed by atoms with Crippen molar-refractivity contribution in [3.63, 3.8) is 0 Å². The van der Waals surface area contributed by atoms with E-state index in [1.165, 1.54) is 6.21 Å². The van der Waals surface area contributed by atoms with E-state index in [2.05, 4.69) is 10.5 Å². The van der Waals surface area contributed by atoms with Crippen LogP contribution in [0.25, 0.3) is 0 Å². The van der Waals surface area contributed by atoms with E-state index in [9.17, 15) is 9.59 Å². The first-order valence-corrected chi connectivity index (χ1v) is 11.0. The van der Waals surface area contributed by atoms with Gasteiger partial charge in [-0.25, -0.2) is 10.2 Å². The van der Waals surface area contributed by atoms with Crippen molar-refractivity contribution >= 4 is 18.1 Å². The van der Waals surface area contributed by atoms with E-state index in [4.69, 9.17) is 14.2 Å². The van der Waals surface area contributed by atoms with Crippen molar-refractivity contribution in [2.45, 2.75) is 27.2 Å². The second-order valence-corrected chi connectivity index (χ2v) is 7.66. The van der Waals surface area contributed by atoms with Crippen molar-refractivity contribution in [3.8, 4) is 17.2 Å². The number of benzene rings is 3. The van der Waals surface area contributed by atoms with Gasteiger partial charge in [-0.05, 0) is 97.6 Å². The Morgan fingerprint density at radius 1 is 0.853 bits per heavy atom. The van der Waals surface area contributed by atoms with Crippen molar-refractivity contribution in [3.05, 3.63) is 89.0 Å². The molecule has 0 saturated heterocycles. The molecule has 176 valence electrons. The summed E-state index contributed by atoms with van der Waals surface area (Å²) >= 11 is 0. The lowest BCUT2D eigenvalue weighted by Crippen LogP contribution is -2.24. The van der Waals surface area contributed by atoms with Crippen LogP contribution in [-0.4, -0.2) is 31.3 Å². The summed E-state index contributed by atoms with van der Waals surface area (Å²) < 4.78 is 16.4. The molecule has 0 aliphatic rings. The third-order valence-corrected chi connectivity index (χ3v) is 4.90. The Bertz CT molecular complexity index is 1140. The van der Waals surface area contributed by atoms with Gasteiger partial charge in [-0.15, -0.1) is 0 Å². The summed E-state index contributed by atoms with van der Waals surface area (Å²) in [6.45, 7) is 6.52. The monoisotopic (exact) mass is 460 g/mol. The van der Waals surface area contributed by atoms with Crippen molar-refractivity contribution in [1.82, 2.24) is 5.43 Å². The fourth-order valence-electron chi connectivity index (χ4n) is 2.86. The molecule has 1 N–H and O–H groups in total. The van der Waals surface area contributed by atoms with Crippen LogP contribution in [0, 0.1) is 13.8 Å².